The van der Waals surface area contributed by atoms with Gasteiger partial charge in [-0.2, -0.15) is 5.10 Å². The van der Waals surface area contributed by atoms with Gasteiger partial charge in [-0.15, -0.1) is 0 Å². The van der Waals surface area contributed by atoms with E-state index in [0.717, 1.165) is 43.0 Å². The van der Waals surface area contributed by atoms with E-state index < -0.39 is 27.4 Å². The normalized spacial score (nSPS) is 15.8. The Hall–Kier alpha value is -3.79. The van der Waals surface area contributed by atoms with Gasteiger partial charge in [-0.3, -0.25) is 30.3 Å². The number of nitrogens with zero attached hydrogens (tertiary/aromatic N) is 1. The number of hydrogen-bond acceptors (Lipinski definition) is 6. The van der Waals surface area contributed by atoms with Crippen molar-refractivity contribution in [3.63, 3.8) is 0 Å². The van der Waals surface area contributed by atoms with Gasteiger partial charge in [0.1, 0.15) is 0 Å². The molecule has 0 spiro atoms. The van der Waals surface area contributed by atoms with Crippen LogP contribution in [0.3, 0.4) is 0 Å². The maximum absolute atomic E-state index is 13.0. The largest absolute Gasteiger partial charge is 0.290 e. The fourth-order valence-corrected chi connectivity index (χ4v) is 5.82. The molecule has 0 radical (unpaired) electrons. The fourth-order valence-electron chi connectivity index (χ4n) is 4.14. The van der Waals surface area contributed by atoms with Crippen molar-refractivity contribution >= 4 is 27.4 Å². The number of hydrogen-bond donors (Lipinski definition) is 3. The Bertz CT molecular complexity index is 1410. The molecule has 0 saturated carbocycles. The maximum Gasteiger partial charge on any atom is 0.290 e. The molecule has 2 heterocycles. The number of carbonyl (C=O) groups is 3. The number of amides is 2. The zero-order valence-electron chi connectivity index (χ0n) is 16.8. The Labute approximate surface area is 183 Å². The molecule has 1 aliphatic heterocycles. The lowest BCUT2D eigenvalue weighted by atomic mass is 9.96. The van der Waals surface area contributed by atoms with E-state index in [0.29, 0.717) is 0 Å². The summed E-state index contributed by atoms with van der Waals surface area (Å²) in [5.74, 6) is -1.70. The second kappa shape index (κ2) is 7.41. The van der Waals surface area contributed by atoms with Crippen molar-refractivity contribution in [2.24, 2.45) is 0 Å². The number of fused-ring (bicyclic) bond motifs is 3. The summed E-state index contributed by atoms with van der Waals surface area (Å²) in [6, 6.07) is 9.76. The van der Waals surface area contributed by atoms with Crippen molar-refractivity contribution in [2.75, 3.05) is 0 Å². The number of benzene rings is 2. The Morgan fingerprint density at radius 3 is 2.47 bits per heavy atom. The van der Waals surface area contributed by atoms with Gasteiger partial charge in [-0.1, -0.05) is 12.1 Å². The number of H-pyrrole nitrogens is 1. The average molecular weight is 450 g/mol. The number of carbonyl (C=O) groups excluding carboxylic acids is 3. The average Bonchev–Trinajstić information content (AvgIpc) is 3.25. The minimum atomic E-state index is -3.97. The lowest BCUT2D eigenvalue weighted by Crippen LogP contribution is -2.42. The molecule has 2 aromatic carbocycles. The van der Waals surface area contributed by atoms with Gasteiger partial charge >= 0.3 is 0 Å². The summed E-state index contributed by atoms with van der Waals surface area (Å²) in [5, 5.41) is 6.91. The van der Waals surface area contributed by atoms with Crippen LogP contribution in [0.2, 0.25) is 0 Å². The maximum atomic E-state index is 13.0. The second-order valence-corrected chi connectivity index (χ2v) is 9.57. The molecular formula is C22H18N4O5S. The topological polar surface area (TPSA) is 138 Å². The molecule has 0 saturated heterocycles. The monoisotopic (exact) mass is 450 g/mol. The number of sulfone groups is 1. The van der Waals surface area contributed by atoms with Crippen LogP contribution in [0.25, 0.3) is 0 Å². The van der Waals surface area contributed by atoms with Crippen molar-refractivity contribution in [1.29, 1.82) is 0 Å². The summed E-state index contributed by atoms with van der Waals surface area (Å²) < 4.78 is 26.0. The van der Waals surface area contributed by atoms with Crippen LogP contribution in [-0.4, -0.2) is 36.2 Å². The van der Waals surface area contributed by atoms with Gasteiger partial charge < -0.3 is 0 Å². The number of aryl methyl sites for hydroxylation is 1. The zero-order chi connectivity index (χ0) is 22.5. The molecule has 5 rings (SSSR count). The standard InChI is InChI=1S/C22H18N4O5S/c27-20-14-6-2-4-8-17(14)32(30,31)18-11-12(9-10-15(18)20)21(28)25-26-22(29)19-13-5-1-3-7-16(13)23-24-19/h2,4,6,8-11H,1,3,5,7H2,(H,23,24)(H,25,28)(H,26,29). The summed E-state index contributed by atoms with van der Waals surface area (Å²) in [6.07, 6.45) is 3.56. The van der Waals surface area contributed by atoms with Gasteiger partial charge in [-0.05, 0) is 56.0 Å². The number of aromatic nitrogens is 2. The lowest BCUT2D eigenvalue weighted by Gasteiger charge is -2.19. The van der Waals surface area contributed by atoms with Crippen molar-refractivity contribution < 1.29 is 22.8 Å². The molecule has 1 aromatic heterocycles. The van der Waals surface area contributed by atoms with Crippen molar-refractivity contribution in [2.45, 2.75) is 35.5 Å². The predicted molar refractivity (Wildman–Crippen MR) is 112 cm³/mol. The highest BCUT2D eigenvalue weighted by atomic mass is 32.2. The van der Waals surface area contributed by atoms with E-state index in [1.54, 1.807) is 6.07 Å². The first kappa shape index (κ1) is 20.1. The highest BCUT2D eigenvalue weighted by Crippen LogP contribution is 2.34. The first-order valence-electron chi connectivity index (χ1n) is 10.1. The number of hydrazine groups is 1. The van der Waals surface area contributed by atoms with Gasteiger partial charge in [0.05, 0.1) is 9.79 Å². The van der Waals surface area contributed by atoms with Gasteiger partial charge in [-0.25, -0.2) is 8.42 Å². The third-order valence-electron chi connectivity index (χ3n) is 5.76. The van der Waals surface area contributed by atoms with Crippen LogP contribution in [0, 0.1) is 0 Å². The summed E-state index contributed by atoms with van der Waals surface area (Å²) in [5.41, 5.74) is 6.71. The zero-order valence-corrected chi connectivity index (χ0v) is 17.6. The van der Waals surface area contributed by atoms with Gasteiger partial charge in [0.2, 0.25) is 9.84 Å². The molecular weight excluding hydrogens is 432 g/mol. The molecule has 162 valence electrons. The van der Waals surface area contributed by atoms with E-state index in [-0.39, 0.29) is 32.2 Å². The number of rotatable bonds is 2. The molecule has 3 N–H and O–H groups in total. The quantitative estimate of drug-likeness (QED) is 0.398. The summed E-state index contributed by atoms with van der Waals surface area (Å²) >= 11 is 0. The van der Waals surface area contributed by atoms with Crippen LogP contribution >= 0.6 is 0 Å². The van der Waals surface area contributed by atoms with Crippen molar-refractivity contribution in [3.05, 3.63) is 76.1 Å². The van der Waals surface area contributed by atoms with E-state index in [1.807, 2.05) is 0 Å². The number of aromatic amines is 1. The molecule has 9 nitrogen and oxygen atoms in total. The SMILES string of the molecule is O=C(NNC(=O)c1n[nH]c2c1CCCC2)c1ccc2c(c1)S(=O)(=O)c1ccccc1C2=O. The molecule has 10 heteroatoms. The van der Waals surface area contributed by atoms with Gasteiger partial charge in [0, 0.05) is 27.9 Å². The molecule has 0 bridgehead atoms. The van der Waals surface area contributed by atoms with Crippen LogP contribution in [0.15, 0.2) is 52.3 Å². The molecule has 0 fully saturated rings. The third kappa shape index (κ3) is 3.11. The lowest BCUT2D eigenvalue weighted by molar-refractivity contribution is 0.0843. The Balaban J connectivity index is 1.38. The summed E-state index contributed by atoms with van der Waals surface area (Å²) in [4.78, 5) is 37.5. The smallest absolute Gasteiger partial charge is 0.289 e. The third-order valence-corrected chi connectivity index (χ3v) is 7.61. The Kier molecular flexibility index (Phi) is 4.66. The van der Waals surface area contributed by atoms with Crippen LogP contribution in [-0.2, 0) is 22.7 Å². The molecule has 0 unspecified atom stereocenters. The second-order valence-electron chi connectivity index (χ2n) is 7.68. The van der Waals surface area contributed by atoms with E-state index >= 15 is 0 Å². The van der Waals surface area contributed by atoms with Gasteiger partial charge in [0.25, 0.3) is 11.8 Å². The molecule has 0 atom stereocenters. The number of ketones is 1. The molecule has 2 amide bonds. The van der Waals surface area contributed by atoms with Crippen LogP contribution < -0.4 is 10.9 Å². The summed E-state index contributed by atoms with van der Waals surface area (Å²) in [6.45, 7) is 0. The Morgan fingerprint density at radius 1 is 0.906 bits per heavy atom. The molecule has 2 aliphatic rings. The van der Waals surface area contributed by atoms with Crippen LogP contribution in [0.4, 0.5) is 0 Å². The first-order chi connectivity index (χ1) is 15.4. The van der Waals surface area contributed by atoms with Crippen molar-refractivity contribution in [1.82, 2.24) is 21.0 Å². The highest BCUT2D eigenvalue weighted by Gasteiger charge is 2.35. The molecule has 32 heavy (non-hydrogen) atoms. The highest BCUT2D eigenvalue weighted by molar-refractivity contribution is 7.91. The van der Waals surface area contributed by atoms with Gasteiger partial charge in [0.15, 0.2) is 11.5 Å². The van der Waals surface area contributed by atoms with Crippen molar-refractivity contribution in [3.8, 4) is 0 Å². The van der Waals surface area contributed by atoms with Crippen LogP contribution in [0.1, 0.15) is 60.9 Å². The van der Waals surface area contributed by atoms with E-state index in [9.17, 15) is 22.8 Å². The fraction of sp³-hybridized carbons (Fsp3) is 0.182. The van der Waals surface area contributed by atoms with E-state index in [4.69, 9.17) is 0 Å². The van der Waals surface area contributed by atoms with Crippen LogP contribution in [0.5, 0.6) is 0 Å². The molecule has 1 aliphatic carbocycles. The van der Waals surface area contributed by atoms with E-state index in [1.165, 1.54) is 30.3 Å². The molecule has 3 aromatic rings. The Morgan fingerprint density at radius 2 is 1.62 bits per heavy atom. The predicted octanol–water partition coefficient (Wildman–Crippen LogP) is 1.74. The first-order valence-corrected chi connectivity index (χ1v) is 11.6. The minimum Gasteiger partial charge on any atom is -0.289 e. The van der Waals surface area contributed by atoms with E-state index in [2.05, 4.69) is 21.0 Å². The summed E-state index contributed by atoms with van der Waals surface area (Å²) in [7, 11) is -3.97. The number of nitrogens with one attached hydrogen (secondary N) is 3. The minimum absolute atomic E-state index is 0.00689.